The molecule has 1 fully saturated rings. The third-order valence-corrected chi connectivity index (χ3v) is 5.05. The number of hydrazine groups is 1. The highest BCUT2D eigenvalue weighted by Crippen LogP contribution is 2.36. The molecule has 3 unspecified atom stereocenters. The minimum atomic E-state index is -1.30. The Bertz CT molecular complexity index is 917. The van der Waals surface area contributed by atoms with E-state index in [-0.39, 0.29) is 12.2 Å². The van der Waals surface area contributed by atoms with Crippen molar-refractivity contribution in [3.05, 3.63) is 30.2 Å². The second-order valence-corrected chi connectivity index (χ2v) is 6.99. The number of hydrogen-bond donors (Lipinski definition) is 7. The summed E-state index contributed by atoms with van der Waals surface area (Å²) in [5.74, 6) is -0.802. The van der Waals surface area contributed by atoms with Crippen LogP contribution in [0.5, 0.6) is 0 Å². The molecule has 0 aromatic carbocycles. The minimum absolute atomic E-state index is 0.135. The number of imidazole rings is 2. The molecule has 2 aromatic heterocycles. The second kappa shape index (κ2) is 8.10. The Hall–Kier alpha value is -2.88. The molecule has 14 heteroatoms. The number of carboxylic acid groups (broad SMARTS) is 1. The molecule has 0 aliphatic carbocycles. The molecule has 30 heavy (non-hydrogen) atoms. The first-order valence-corrected chi connectivity index (χ1v) is 9.14. The van der Waals surface area contributed by atoms with Crippen LogP contribution in [0.3, 0.4) is 0 Å². The minimum Gasteiger partial charge on any atom is -0.480 e. The van der Waals surface area contributed by atoms with E-state index in [9.17, 15) is 25.2 Å². The van der Waals surface area contributed by atoms with Crippen molar-refractivity contribution in [1.82, 2.24) is 30.0 Å². The van der Waals surface area contributed by atoms with Gasteiger partial charge in [0.15, 0.2) is 12.0 Å². The molecular weight excluding hydrogens is 400 g/mol. The van der Waals surface area contributed by atoms with E-state index in [0.717, 1.165) is 0 Å². The van der Waals surface area contributed by atoms with Gasteiger partial charge in [-0.05, 0) is 0 Å². The van der Waals surface area contributed by atoms with E-state index >= 15 is 0 Å². The Morgan fingerprint density at radius 1 is 1.40 bits per heavy atom. The van der Waals surface area contributed by atoms with Gasteiger partial charge in [-0.1, -0.05) is 0 Å². The van der Waals surface area contributed by atoms with Gasteiger partial charge in [0.05, 0.1) is 19.3 Å². The molecule has 4 heterocycles. The number of aliphatic carboxylic acids is 1. The van der Waals surface area contributed by atoms with Crippen LogP contribution in [0.1, 0.15) is 23.8 Å². The number of nitrogens with two attached hydrogens (primary N) is 1. The fourth-order valence-electron chi connectivity index (χ4n) is 3.43. The number of hydrogen-bond acceptors (Lipinski definition) is 11. The third-order valence-electron chi connectivity index (χ3n) is 5.05. The molecule has 4 rings (SSSR count). The largest absolute Gasteiger partial charge is 0.480 e. The average Bonchev–Trinajstić information content (AvgIpc) is 3.44. The zero-order valence-corrected chi connectivity index (χ0v) is 15.6. The molecular formula is C16H22N8O6. The Kier molecular flexibility index (Phi) is 5.50. The number of nitrogens with zero attached hydrogens (tertiary/aromatic N) is 5. The van der Waals surface area contributed by atoms with Crippen LogP contribution in [0, 0.1) is 0 Å². The van der Waals surface area contributed by atoms with Gasteiger partial charge in [-0.15, -0.1) is 0 Å². The van der Waals surface area contributed by atoms with Crippen LogP contribution in [-0.4, -0.2) is 88.2 Å². The van der Waals surface area contributed by atoms with Crippen LogP contribution in [-0.2, 0) is 16.0 Å². The number of nitrogens with one attached hydrogen (secondary N) is 2. The van der Waals surface area contributed by atoms with E-state index in [0.29, 0.717) is 11.4 Å². The van der Waals surface area contributed by atoms with Crippen molar-refractivity contribution < 1.29 is 30.0 Å². The van der Waals surface area contributed by atoms with E-state index in [1.165, 1.54) is 34.8 Å². The van der Waals surface area contributed by atoms with Crippen molar-refractivity contribution in [2.75, 3.05) is 6.61 Å². The standard InChI is InChI=1S/C16H22N8O6/c17-13-10-14(23(5-20-10)15-12(27)11(26)9(3-25)30-15)21-6-24(13)22-8(16(28)29)1-7-2-18-4-19-7/h2,4-6,8-9,11-13,15,22,25-27H,1,3,17H2,(H,18,19)(H,28,29)/t8-,9+,11?,12?,13?,15+/m0/s1. The Morgan fingerprint density at radius 3 is 2.83 bits per heavy atom. The molecule has 0 saturated carbocycles. The highest BCUT2D eigenvalue weighted by Gasteiger charge is 2.45. The number of aromatic amines is 1. The van der Waals surface area contributed by atoms with Gasteiger partial charge < -0.3 is 35.9 Å². The Balaban J connectivity index is 1.52. The maximum atomic E-state index is 11.6. The molecule has 14 nitrogen and oxygen atoms in total. The zero-order valence-electron chi connectivity index (χ0n) is 15.6. The number of aliphatic imine (C=N–C) groups is 1. The van der Waals surface area contributed by atoms with Crippen molar-refractivity contribution in [3.63, 3.8) is 0 Å². The molecule has 8 N–H and O–H groups in total. The number of carbonyl (C=O) groups is 1. The Labute approximate surface area is 169 Å². The maximum Gasteiger partial charge on any atom is 0.322 e. The zero-order chi connectivity index (χ0) is 21.4. The first-order chi connectivity index (χ1) is 14.4. The summed E-state index contributed by atoms with van der Waals surface area (Å²) in [6.45, 7) is -0.459. The summed E-state index contributed by atoms with van der Waals surface area (Å²) in [5, 5.41) is 40.3. The average molecular weight is 422 g/mol. The predicted molar refractivity (Wildman–Crippen MR) is 99.0 cm³/mol. The van der Waals surface area contributed by atoms with E-state index < -0.39 is 49.3 Å². The molecule has 2 aliphatic heterocycles. The van der Waals surface area contributed by atoms with Gasteiger partial charge in [-0.2, -0.15) is 0 Å². The van der Waals surface area contributed by atoms with Crippen molar-refractivity contribution >= 4 is 18.1 Å². The Morgan fingerprint density at radius 2 is 2.20 bits per heavy atom. The van der Waals surface area contributed by atoms with Gasteiger partial charge in [0.2, 0.25) is 0 Å². The van der Waals surface area contributed by atoms with Crippen molar-refractivity contribution in [2.24, 2.45) is 10.7 Å². The van der Waals surface area contributed by atoms with Crippen molar-refractivity contribution in [3.8, 4) is 0 Å². The lowest BCUT2D eigenvalue weighted by Crippen LogP contribution is -2.53. The van der Waals surface area contributed by atoms with Gasteiger partial charge in [-0.3, -0.25) is 14.4 Å². The highest BCUT2D eigenvalue weighted by molar-refractivity contribution is 5.74. The molecule has 0 bridgehead atoms. The summed E-state index contributed by atoms with van der Waals surface area (Å²) in [4.78, 5) is 26.8. The first-order valence-electron chi connectivity index (χ1n) is 9.14. The predicted octanol–water partition coefficient (Wildman–Crippen LogP) is -2.65. The van der Waals surface area contributed by atoms with Crippen LogP contribution < -0.4 is 11.2 Å². The number of aliphatic hydroxyl groups excluding tert-OH is 3. The van der Waals surface area contributed by atoms with E-state index in [1.807, 2.05) is 0 Å². The van der Waals surface area contributed by atoms with Crippen LogP contribution in [0.2, 0.25) is 0 Å². The molecule has 2 aromatic rings. The SMILES string of the molecule is NC1c2ncn([C@@H]3O[C@H](CO)C(O)C3O)c2N=CN1N[C@@H](Cc1cnc[nH]1)C(=O)O. The lowest BCUT2D eigenvalue weighted by atomic mass is 10.1. The molecule has 0 amide bonds. The van der Waals surface area contributed by atoms with Gasteiger partial charge in [0, 0.05) is 18.3 Å². The molecule has 1 saturated heterocycles. The van der Waals surface area contributed by atoms with Crippen molar-refractivity contribution in [2.45, 2.75) is 43.2 Å². The lowest BCUT2D eigenvalue weighted by Gasteiger charge is -2.32. The number of aromatic nitrogens is 4. The summed E-state index contributed by atoms with van der Waals surface area (Å²) in [7, 11) is 0. The molecule has 0 radical (unpaired) electrons. The first kappa shape index (κ1) is 20.4. The summed E-state index contributed by atoms with van der Waals surface area (Å²) in [6.07, 6.45) is 0.397. The number of fused-ring (bicyclic) bond motifs is 1. The smallest absolute Gasteiger partial charge is 0.322 e. The maximum absolute atomic E-state index is 11.6. The van der Waals surface area contributed by atoms with Crippen LogP contribution in [0.25, 0.3) is 0 Å². The van der Waals surface area contributed by atoms with Gasteiger partial charge in [0.1, 0.15) is 42.6 Å². The van der Waals surface area contributed by atoms with E-state index in [1.54, 1.807) is 0 Å². The summed E-state index contributed by atoms with van der Waals surface area (Å²) in [6, 6.07) is -1.01. The number of H-pyrrole nitrogens is 1. The number of aliphatic hydroxyl groups is 3. The summed E-state index contributed by atoms with van der Waals surface area (Å²) < 4.78 is 6.91. The van der Waals surface area contributed by atoms with Gasteiger partial charge >= 0.3 is 5.97 Å². The highest BCUT2D eigenvalue weighted by atomic mass is 16.6. The molecule has 0 spiro atoms. The quantitative estimate of drug-likeness (QED) is 0.245. The van der Waals surface area contributed by atoms with Gasteiger partial charge in [-0.25, -0.2) is 20.4 Å². The third kappa shape index (κ3) is 3.55. The number of rotatable bonds is 7. The van der Waals surface area contributed by atoms with Crippen LogP contribution in [0.15, 0.2) is 23.8 Å². The molecule has 2 aliphatic rings. The molecule has 6 atom stereocenters. The normalized spacial score (nSPS) is 29.2. The number of ether oxygens (including phenoxy) is 1. The summed E-state index contributed by atoms with van der Waals surface area (Å²) >= 11 is 0. The van der Waals surface area contributed by atoms with Crippen molar-refractivity contribution in [1.29, 1.82) is 0 Å². The number of carboxylic acids is 1. The van der Waals surface area contributed by atoms with E-state index in [2.05, 4.69) is 25.4 Å². The second-order valence-electron chi connectivity index (χ2n) is 6.99. The van der Waals surface area contributed by atoms with Gasteiger partial charge in [0.25, 0.3) is 0 Å². The summed E-state index contributed by atoms with van der Waals surface area (Å²) in [5.41, 5.74) is 9.98. The van der Waals surface area contributed by atoms with Crippen LogP contribution in [0.4, 0.5) is 5.82 Å². The fourth-order valence-corrected chi connectivity index (χ4v) is 3.43. The van der Waals surface area contributed by atoms with E-state index in [4.69, 9.17) is 10.5 Å². The van der Waals surface area contributed by atoms with Crippen LogP contribution >= 0.6 is 0 Å². The molecule has 162 valence electrons. The monoisotopic (exact) mass is 422 g/mol. The lowest BCUT2D eigenvalue weighted by molar-refractivity contribution is -0.140. The topological polar surface area (TPSA) is 207 Å². The fraction of sp³-hybridized carbons (Fsp3) is 0.500.